The van der Waals surface area contributed by atoms with Crippen LogP contribution in [0.15, 0.2) is 29.2 Å². The molecule has 0 spiro atoms. The van der Waals surface area contributed by atoms with Gasteiger partial charge in [0.15, 0.2) is 0 Å². The third-order valence-electron chi connectivity index (χ3n) is 3.74. The van der Waals surface area contributed by atoms with E-state index in [0.29, 0.717) is 12.8 Å². The molecule has 7 nitrogen and oxygen atoms in total. The summed E-state index contributed by atoms with van der Waals surface area (Å²) in [7, 11) is -1.65. The molecule has 24 heavy (non-hydrogen) atoms. The molecule has 1 N–H and O–H groups in total. The minimum Gasteiger partial charge on any atom is -0.469 e. The maximum Gasteiger partial charge on any atom is 0.324 e. The lowest BCUT2D eigenvalue weighted by Gasteiger charge is -2.20. The van der Waals surface area contributed by atoms with Crippen molar-refractivity contribution < 1.29 is 27.5 Å². The molecule has 0 saturated heterocycles. The van der Waals surface area contributed by atoms with Gasteiger partial charge in [-0.25, -0.2) is 8.42 Å². The first-order valence-electron chi connectivity index (χ1n) is 7.33. The van der Waals surface area contributed by atoms with Crippen LogP contribution in [0.1, 0.15) is 24.0 Å². The number of carbonyl (C=O) groups is 2. The van der Waals surface area contributed by atoms with Crippen molar-refractivity contribution >= 4 is 28.0 Å². The van der Waals surface area contributed by atoms with Gasteiger partial charge in [0.1, 0.15) is 6.04 Å². The Morgan fingerprint density at radius 1 is 1.17 bits per heavy atom. The van der Waals surface area contributed by atoms with Crippen molar-refractivity contribution in [3.8, 4) is 0 Å². The first kappa shape index (κ1) is 18.2. The second-order valence-corrected chi connectivity index (χ2v) is 7.05. The number of hydrogen-bond donors (Lipinski definition) is 1. The number of esters is 2. The topological polar surface area (TPSA) is 98.8 Å². The fraction of sp³-hybridized carbons (Fsp3) is 0.375. The Kier molecular flexibility index (Phi) is 5.74. The zero-order valence-electron chi connectivity index (χ0n) is 13.4. The standard InChI is InChI=1S/C16H19NO6S/c1-22-15(18)10-14(16(19)23-2)17-24(20,21)13-8-7-11-5-3-4-6-12(11)9-13/h3-6,9,14,17H,7-8,10H2,1-2H3. The summed E-state index contributed by atoms with van der Waals surface area (Å²) in [6.45, 7) is 0. The largest absolute Gasteiger partial charge is 0.469 e. The zero-order chi connectivity index (χ0) is 17.7. The van der Waals surface area contributed by atoms with E-state index in [1.54, 1.807) is 6.08 Å². The van der Waals surface area contributed by atoms with Crippen LogP contribution in [-0.4, -0.2) is 40.6 Å². The smallest absolute Gasteiger partial charge is 0.324 e. The van der Waals surface area contributed by atoms with Gasteiger partial charge in [0.05, 0.1) is 25.5 Å². The molecule has 8 heteroatoms. The minimum absolute atomic E-state index is 0.167. The molecular formula is C16H19NO6S. The van der Waals surface area contributed by atoms with Gasteiger partial charge >= 0.3 is 11.9 Å². The Morgan fingerprint density at radius 3 is 2.54 bits per heavy atom. The molecule has 0 bridgehead atoms. The van der Waals surface area contributed by atoms with E-state index >= 15 is 0 Å². The van der Waals surface area contributed by atoms with Gasteiger partial charge in [-0.1, -0.05) is 24.3 Å². The molecule has 0 saturated carbocycles. The number of rotatable bonds is 6. The minimum atomic E-state index is -3.93. The number of hydrogen-bond acceptors (Lipinski definition) is 6. The van der Waals surface area contributed by atoms with Crippen LogP contribution in [0.5, 0.6) is 0 Å². The molecule has 1 aliphatic rings. The van der Waals surface area contributed by atoms with Crippen LogP contribution in [0.2, 0.25) is 0 Å². The van der Waals surface area contributed by atoms with E-state index in [4.69, 9.17) is 0 Å². The number of carbonyl (C=O) groups excluding carboxylic acids is 2. The summed E-state index contributed by atoms with van der Waals surface area (Å²) in [4.78, 5) is 23.3. The fourth-order valence-corrected chi connectivity index (χ4v) is 3.80. The predicted molar refractivity (Wildman–Crippen MR) is 87.2 cm³/mol. The summed E-state index contributed by atoms with van der Waals surface area (Å²) >= 11 is 0. The van der Waals surface area contributed by atoms with E-state index in [1.807, 2.05) is 24.3 Å². The van der Waals surface area contributed by atoms with Crippen LogP contribution < -0.4 is 4.72 Å². The first-order valence-corrected chi connectivity index (χ1v) is 8.81. The molecule has 1 aromatic rings. The Bertz CT molecular complexity index is 769. The van der Waals surface area contributed by atoms with Crippen LogP contribution in [-0.2, 0) is 35.5 Å². The molecule has 2 rings (SSSR count). The molecule has 1 aliphatic carbocycles. The van der Waals surface area contributed by atoms with Gasteiger partial charge in [0, 0.05) is 0 Å². The highest BCUT2D eigenvalue weighted by molar-refractivity contribution is 7.93. The average molecular weight is 353 g/mol. The summed E-state index contributed by atoms with van der Waals surface area (Å²) in [6.07, 6.45) is 2.04. The van der Waals surface area contributed by atoms with Crippen molar-refractivity contribution in [3.63, 3.8) is 0 Å². The van der Waals surface area contributed by atoms with Gasteiger partial charge in [0.2, 0.25) is 10.0 Å². The van der Waals surface area contributed by atoms with Crippen LogP contribution in [0.4, 0.5) is 0 Å². The van der Waals surface area contributed by atoms with Gasteiger partial charge in [0.25, 0.3) is 0 Å². The van der Waals surface area contributed by atoms with Crippen LogP contribution in [0, 0.1) is 0 Å². The van der Waals surface area contributed by atoms with E-state index in [9.17, 15) is 18.0 Å². The number of methoxy groups -OCH3 is 2. The quantitative estimate of drug-likeness (QED) is 0.766. The van der Waals surface area contributed by atoms with Gasteiger partial charge in [-0.3, -0.25) is 9.59 Å². The lowest BCUT2D eigenvalue weighted by atomic mass is 9.98. The molecule has 0 aliphatic heterocycles. The van der Waals surface area contributed by atoms with Gasteiger partial charge < -0.3 is 9.47 Å². The van der Waals surface area contributed by atoms with Crippen LogP contribution in [0.25, 0.3) is 6.08 Å². The van der Waals surface area contributed by atoms with Gasteiger partial charge in [-0.2, -0.15) is 4.72 Å². The number of benzene rings is 1. The van der Waals surface area contributed by atoms with Crippen LogP contribution >= 0.6 is 0 Å². The normalized spacial score (nSPS) is 15.0. The second kappa shape index (κ2) is 7.59. The molecule has 1 unspecified atom stereocenters. The van der Waals surface area contributed by atoms with Crippen LogP contribution in [0.3, 0.4) is 0 Å². The molecule has 0 amide bonds. The Balaban J connectivity index is 2.24. The summed E-state index contributed by atoms with van der Waals surface area (Å²) in [5, 5.41) is 0. The molecule has 1 atom stereocenters. The molecule has 0 aromatic heterocycles. The SMILES string of the molecule is COC(=O)CC(NS(=O)(=O)C1=Cc2ccccc2CC1)C(=O)OC. The molecule has 0 heterocycles. The Morgan fingerprint density at radius 2 is 1.88 bits per heavy atom. The maximum absolute atomic E-state index is 12.6. The third kappa shape index (κ3) is 4.21. The van der Waals surface area contributed by atoms with E-state index in [0.717, 1.165) is 25.3 Å². The third-order valence-corrected chi connectivity index (χ3v) is 5.35. The molecular weight excluding hydrogens is 334 g/mol. The van der Waals surface area contributed by atoms with E-state index in [2.05, 4.69) is 14.2 Å². The summed E-state index contributed by atoms with van der Waals surface area (Å²) in [5.41, 5.74) is 1.89. The number of sulfonamides is 1. The number of nitrogens with one attached hydrogen (secondary N) is 1. The molecule has 130 valence electrons. The van der Waals surface area contributed by atoms with Crippen molar-refractivity contribution in [1.29, 1.82) is 0 Å². The number of fused-ring (bicyclic) bond motifs is 1. The Labute approximate surface area is 140 Å². The van der Waals surface area contributed by atoms with Crippen molar-refractivity contribution in [2.75, 3.05) is 14.2 Å². The lowest BCUT2D eigenvalue weighted by molar-refractivity contribution is -0.149. The molecule has 1 aromatic carbocycles. The molecule has 0 fully saturated rings. The number of allylic oxidation sites excluding steroid dienone is 1. The Hall–Kier alpha value is -2.19. The van der Waals surface area contributed by atoms with Gasteiger partial charge in [-0.15, -0.1) is 0 Å². The highest BCUT2D eigenvalue weighted by Crippen LogP contribution is 2.26. The van der Waals surface area contributed by atoms with Crippen molar-refractivity contribution in [3.05, 3.63) is 40.3 Å². The zero-order valence-corrected chi connectivity index (χ0v) is 14.3. The van der Waals surface area contributed by atoms with E-state index in [-0.39, 0.29) is 4.91 Å². The van der Waals surface area contributed by atoms with E-state index in [1.165, 1.54) is 0 Å². The summed E-state index contributed by atoms with van der Waals surface area (Å²) < 4.78 is 36.4. The maximum atomic E-state index is 12.6. The highest BCUT2D eigenvalue weighted by atomic mass is 32.2. The van der Waals surface area contributed by atoms with Crippen molar-refractivity contribution in [1.82, 2.24) is 4.72 Å². The highest BCUT2D eigenvalue weighted by Gasteiger charge is 2.31. The molecule has 0 radical (unpaired) electrons. The first-order chi connectivity index (χ1) is 11.4. The van der Waals surface area contributed by atoms with E-state index < -0.39 is 34.4 Å². The van der Waals surface area contributed by atoms with Gasteiger partial charge in [-0.05, 0) is 30.0 Å². The van der Waals surface area contributed by atoms with Crippen molar-refractivity contribution in [2.24, 2.45) is 0 Å². The number of aryl methyl sites for hydroxylation is 1. The second-order valence-electron chi connectivity index (χ2n) is 5.29. The number of ether oxygens (including phenoxy) is 2. The fourth-order valence-electron chi connectivity index (χ4n) is 2.45. The average Bonchev–Trinajstić information content (AvgIpc) is 2.59. The van der Waals surface area contributed by atoms with Crippen molar-refractivity contribution in [2.45, 2.75) is 25.3 Å². The summed E-state index contributed by atoms with van der Waals surface area (Å²) in [5.74, 6) is -1.56. The summed E-state index contributed by atoms with van der Waals surface area (Å²) in [6, 6.07) is 6.17. The monoisotopic (exact) mass is 353 g/mol. The predicted octanol–water partition coefficient (Wildman–Crippen LogP) is 0.998. The lowest BCUT2D eigenvalue weighted by Crippen LogP contribution is -2.43.